The number of likely N-dealkylation sites (tertiary alicyclic amines) is 1. The fraction of sp³-hybridized carbons (Fsp3) is 0.441. The van der Waals surface area contributed by atoms with Crippen molar-refractivity contribution in [1.82, 2.24) is 4.90 Å². The minimum Gasteiger partial charge on any atom is -0.496 e. The van der Waals surface area contributed by atoms with E-state index < -0.39 is 6.09 Å². The summed E-state index contributed by atoms with van der Waals surface area (Å²) in [5.74, 6) is 2.23. The van der Waals surface area contributed by atoms with Gasteiger partial charge in [0.1, 0.15) is 17.2 Å². The average Bonchev–Trinajstić information content (AvgIpc) is 3.05. The predicted molar refractivity (Wildman–Crippen MR) is 168 cm³/mol. The molecule has 44 heavy (non-hydrogen) atoms. The second kappa shape index (κ2) is 17.7. The number of halogens is 1. The zero-order chi connectivity index (χ0) is 31.1. The summed E-state index contributed by atoms with van der Waals surface area (Å²) in [4.78, 5) is 13.2. The van der Waals surface area contributed by atoms with Gasteiger partial charge in [-0.1, -0.05) is 48.0 Å². The van der Waals surface area contributed by atoms with Crippen molar-refractivity contribution < 1.29 is 38.3 Å². The molecule has 3 aromatic carbocycles. The van der Waals surface area contributed by atoms with E-state index in [1.807, 2.05) is 60.7 Å². The lowest BCUT2D eigenvalue weighted by atomic mass is 9.87. The zero-order valence-electron chi connectivity index (χ0n) is 25.4. The molecule has 0 aliphatic carbocycles. The van der Waals surface area contributed by atoms with Gasteiger partial charge >= 0.3 is 6.09 Å². The molecule has 1 amide bonds. The van der Waals surface area contributed by atoms with Crippen LogP contribution in [-0.2, 0) is 27.4 Å². The van der Waals surface area contributed by atoms with Crippen molar-refractivity contribution in [2.75, 3.05) is 53.7 Å². The summed E-state index contributed by atoms with van der Waals surface area (Å²) in [7, 11) is 3.31. The number of amides is 1. The number of benzene rings is 3. The van der Waals surface area contributed by atoms with E-state index in [0.29, 0.717) is 69.9 Å². The molecule has 1 fully saturated rings. The number of methoxy groups -OCH3 is 2. The topological polar surface area (TPSA) is 95.9 Å². The molecule has 0 spiro atoms. The van der Waals surface area contributed by atoms with Crippen molar-refractivity contribution in [3.63, 3.8) is 0 Å². The van der Waals surface area contributed by atoms with Gasteiger partial charge in [0.2, 0.25) is 0 Å². The summed E-state index contributed by atoms with van der Waals surface area (Å²) < 4.78 is 34.3. The van der Waals surface area contributed by atoms with Crippen LogP contribution in [0, 0.1) is 0 Å². The Labute approximate surface area is 264 Å². The Morgan fingerprint density at radius 2 is 1.68 bits per heavy atom. The Bertz CT molecular complexity index is 1300. The normalized spacial score (nSPS) is 16.5. The Balaban J connectivity index is 1.28. The standard InChI is InChI=1S/C34H42ClNO8/c1-39-17-5-20-43-32-21-25(9-14-30(32)35)23-44-33-22-36(34(37)38)16-15-29(33)26-10-12-28(13-11-26)42-19-6-18-41-24-27-7-3-4-8-31(27)40-2/h3-4,7-14,21,29,33H,5-6,15-20,22-24H2,1-2H3,(H,37,38). The number of piperidine rings is 1. The van der Waals surface area contributed by atoms with Crippen LogP contribution in [0.5, 0.6) is 17.2 Å². The number of ether oxygens (including phenoxy) is 6. The van der Waals surface area contributed by atoms with Crippen molar-refractivity contribution in [2.45, 2.75) is 44.5 Å². The molecule has 3 aromatic rings. The molecule has 0 aromatic heterocycles. The van der Waals surface area contributed by atoms with Gasteiger partial charge in [0.05, 0.1) is 57.8 Å². The molecule has 10 heteroatoms. The van der Waals surface area contributed by atoms with Gasteiger partial charge in [0, 0.05) is 44.6 Å². The highest BCUT2D eigenvalue weighted by molar-refractivity contribution is 6.32. The molecule has 1 N–H and O–H groups in total. The van der Waals surface area contributed by atoms with Crippen LogP contribution in [0.25, 0.3) is 0 Å². The minimum atomic E-state index is -0.939. The largest absolute Gasteiger partial charge is 0.496 e. The zero-order valence-corrected chi connectivity index (χ0v) is 26.2. The van der Waals surface area contributed by atoms with Crippen LogP contribution in [0.2, 0.25) is 5.02 Å². The second-order valence-corrected chi connectivity index (χ2v) is 11.0. The lowest BCUT2D eigenvalue weighted by Crippen LogP contribution is -2.46. The molecule has 1 aliphatic rings. The Kier molecular flexibility index (Phi) is 13.4. The van der Waals surface area contributed by atoms with Gasteiger partial charge in [-0.05, 0) is 47.9 Å². The fourth-order valence-corrected chi connectivity index (χ4v) is 5.32. The Hall–Kier alpha value is -3.50. The number of carbonyl (C=O) groups is 1. The highest BCUT2D eigenvalue weighted by Crippen LogP contribution is 2.33. The first kappa shape index (κ1) is 33.4. The quantitative estimate of drug-likeness (QED) is 0.163. The third-order valence-corrected chi connectivity index (χ3v) is 7.81. The maximum Gasteiger partial charge on any atom is 0.407 e. The van der Waals surface area contributed by atoms with E-state index in [0.717, 1.165) is 41.0 Å². The Morgan fingerprint density at radius 1 is 0.909 bits per heavy atom. The molecule has 1 saturated heterocycles. The summed E-state index contributed by atoms with van der Waals surface area (Å²) >= 11 is 6.33. The molecule has 0 bridgehead atoms. The van der Waals surface area contributed by atoms with E-state index in [2.05, 4.69) is 0 Å². The first-order valence-corrected chi connectivity index (χ1v) is 15.3. The van der Waals surface area contributed by atoms with E-state index in [-0.39, 0.29) is 12.0 Å². The van der Waals surface area contributed by atoms with E-state index in [1.165, 1.54) is 4.90 Å². The van der Waals surface area contributed by atoms with Crippen molar-refractivity contribution in [2.24, 2.45) is 0 Å². The fourth-order valence-electron chi connectivity index (χ4n) is 5.14. The summed E-state index contributed by atoms with van der Waals surface area (Å²) in [6, 6.07) is 21.4. The van der Waals surface area contributed by atoms with E-state index in [1.54, 1.807) is 20.3 Å². The first-order valence-electron chi connectivity index (χ1n) is 14.9. The number of nitrogens with zero attached hydrogens (tertiary/aromatic N) is 1. The van der Waals surface area contributed by atoms with Crippen LogP contribution in [0.1, 0.15) is 41.9 Å². The molecule has 1 heterocycles. The van der Waals surface area contributed by atoms with Crippen molar-refractivity contribution >= 4 is 17.7 Å². The average molecular weight is 628 g/mol. The number of rotatable bonds is 17. The monoisotopic (exact) mass is 627 g/mol. The van der Waals surface area contributed by atoms with Crippen molar-refractivity contribution in [3.05, 3.63) is 88.4 Å². The first-order chi connectivity index (χ1) is 21.5. The smallest absolute Gasteiger partial charge is 0.407 e. The molecule has 9 nitrogen and oxygen atoms in total. The van der Waals surface area contributed by atoms with Gasteiger partial charge in [-0.15, -0.1) is 0 Å². The third-order valence-electron chi connectivity index (χ3n) is 7.50. The van der Waals surface area contributed by atoms with Crippen LogP contribution in [0.4, 0.5) is 4.79 Å². The van der Waals surface area contributed by atoms with Gasteiger partial charge in [-0.2, -0.15) is 0 Å². The van der Waals surface area contributed by atoms with Crippen molar-refractivity contribution in [1.29, 1.82) is 0 Å². The van der Waals surface area contributed by atoms with Gasteiger partial charge in [-0.25, -0.2) is 4.79 Å². The van der Waals surface area contributed by atoms with E-state index in [9.17, 15) is 9.90 Å². The molecule has 4 rings (SSSR count). The number of para-hydroxylation sites is 1. The van der Waals surface area contributed by atoms with Crippen LogP contribution in [-0.4, -0.2) is 75.9 Å². The molecular weight excluding hydrogens is 586 g/mol. The van der Waals surface area contributed by atoms with Gasteiger partial charge in [0.15, 0.2) is 0 Å². The molecular formula is C34H42ClNO8. The van der Waals surface area contributed by atoms with Gasteiger partial charge in [0.25, 0.3) is 0 Å². The van der Waals surface area contributed by atoms with Gasteiger partial charge < -0.3 is 38.4 Å². The van der Waals surface area contributed by atoms with Gasteiger partial charge in [-0.3, -0.25) is 0 Å². The molecule has 2 unspecified atom stereocenters. The summed E-state index contributed by atoms with van der Waals surface area (Å²) in [5, 5.41) is 10.2. The highest BCUT2D eigenvalue weighted by atomic mass is 35.5. The summed E-state index contributed by atoms with van der Waals surface area (Å²) in [6.07, 6.45) is 0.922. The number of carboxylic acid groups (broad SMARTS) is 1. The number of hydrogen-bond acceptors (Lipinski definition) is 7. The third kappa shape index (κ3) is 10.0. The molecule has 238 valence electrons. The van der Waals surface area contributed by atoms with Crippen LogP contribution in [0.3, 0.4) is 0 Å². The molecule has 0 radical (unpaired) electrons. The number of hydrogen-bond donors (Lipinski definition) is 1. The lowest BCUT2D eigenvalue weighted by molar-refractivity contribution is -0.0200. The van der Waals surface area contributed by atoms with E-state index >= 15 is 0 Å². The van der Waals surface area contributed by atoms with Crippen molar-refractivity contribution in [3.8, 4) is 17.2 Å². The second-order valence-electron chi connectivity index (χ2n) is 10.6. The predicted octanol–water partition coefficient (Wildman–Crippen LogP) is 6.80. The SMILES string of the molecule is COCCCOc1cc(COC2CN(C(=O)O)CCC2c2ccc(OCCCOCc3ccccc3OC)cc2)ccc1Cl. The van der Waals surface area contributed by atoms with Crippen LogP contribution < -0.4 is 14.2 Å². The van der Waals surface area contributed by atoms with Crippen LogP contribution in [0.15, 0.2) is 66.7 Å². The Morgan fingerprint density at radius 3 is 2.45 bits per heavy atom. The minimum absolute atomic E-state index is 0.0418. The summed E-state index contributed by atoms with van der Waals surface area (Å²) in [6.45, 7) is 3.75. The van der Waals surface area contributed by atoms with E-state index in [4.69, 9.17) is 40.0 Å². The summed E-state index contributed by atoms with van der Waals surface area (Å²) in [5.41, 5.74) is 3.01. The lowest BCUT2D eigenvalue weighted by Gasteiger charge is -2.37. The maximum absolute atomic E-state index is 11.8. The van der Waals surface area contributed by atoms with Crippen LogP contribution >= 0.6 is 11.6 Å². The molecule has 0 saturated carbocycles. The maximum atomic E-state index is 11.8. The molecule has 2 atom stereocenters. The highest BCUT2D eigenvalue weighted by Gasteiger charge is 2.33. The molecule has 1 aliphatic heterocycles.